The molecule has 2 aromatic rings. The molecule has 1 saturated heterocycles. The van der Waals surface area contributed by atoms with Crippen molar-refractivity contribution in [2.24, 2.45) is 11.1 Å². The molecule has 7 heteroatoms. The van der Waals surface area contributed by atoms with Crippen LogP contribution in [0.15, 0.2) is 30.3 Å². The van der Waals surface area contributed by atoms with Gasteiger partial charge in [-0.2, -0.15) is 0 Å². The lowest BCUT2D eigenvalue weighted by atomic mass is 9.90. The maximum Gasteiger partial charge on any atom is 0.272 e. The number of benzene rings is 1. The van der Waals surface area contributed by atoms with Gasteiger partial charge in [-0.25, -0.2) is 4.98 Å². The summed E-state index contributed by atoms with van der Waals surface area (Å²) in [5.41, 5.74) is 7.02. The molecule has 126 valence electrons. The number of nitrogens with two attached hydrogens (primary N) is 1. The minimum absolute atomic E-state index is 0. The topological polar surface area (TPSA) is 59.2 Å². The quantitative estimate of drug-likeness (QED) is 0.872. The van der Waals surface area contributed by atoms with E-state index in [0.717, 1.165) is 23.9 Å². The maximum atomic E-state index is 12.6. The number of aromatic nitrogens is 1. The summed E-state index contributed by atoms with van der Waals surface area (Å²) in [5.74, 6) is -0.0333. The summed E-state index contributed by atoms with van der Waals surface area (Å²) < 4.78 is 0. The first-order valence-corrected chi connectivity index (χ1v) is 7.44. The minimum Gasteiger partial charge on any atom is -0.337 e. The van der Waals surface area contributed by atoms with Crippen LogP contribution in [-0.2, 0) is 0 Å². The molecule has 1 unspecified atom stereocenters. The van der Waals surface area contributed by atoms with Gasteiger partial charge in [0.2, 0.25) is 0 Å². The summed E-state index contributed by atoms with van der Waals surface area (Å²) in [7, 11) is 0. The van der Waals surface area contributed by atoms with Crippen molar-refractivity contribution < 1.29 is 4.79 Å². The zero-order chi connectivity index (χ0) is 15.0. The molecule has 1 aromatic heterocycles. The van der Waals surface area contributed by atoms with E-state index in [1.165, 1.54) is 0 Å². The molecule has 4 nitrogen and oxygen atoms in total. The van der Waals surface area contributed by atoms with Crippen molar-refractivity contribution in [1.29, 1.82) is 0 Å². The molecule has 0 radical (unpaired) electrons. The van der Waals surface area contributed by atoms with Gasteiger partial charge in [-0.3, -0.25) is 4.79 Å². The Morgan fingerprint density at radius 2 is 2.04 bits per heavy atom. The lowest BCUT2D eigenvalue weighted by Crippen LogP contribution is -2.34. The molecule has 1 aliphatic rings. The standard InChI is InChI=1S/C16H18ClN3O.2ClH/c1-16(9-18)6-7-20(10-16)15(21)13-5-3-11-2-4-12(17)8-14(11)19-13;;/h2-5,8H,6-7,9-10,18H2,1H3;2*1H. The van der Waals surface area contributed by atoms with Crippen molar-refractivity contribution in [3.8, 4) is 0 Å². The average molecular weight is 377 g/mol. The monoisotopic (exact) mass is 375 g/mol. The van der Waals surface area contributed by atoms with E-state index in [9.17, 15) is 4.79 Å². The molecular weight excluding hydrogens is 357 g/mol. The highest BCUT2D eigenvalue weighted by Gasteiger charge is 2.35. The first-order valence-electron chi connectivity index (χ1n) is 7.06. The highest BCUT2D eigenvalue weighted by atomic mass is 35.5. The third kappa shape index (κ3) is 4.07. The lowest BCUT2D eigenvalue weighted by Gasteiger charge is -2.22. The molecule has 2 heterocycles. The predicted molar refractivity (Wildman–Crippen MR) is 98.9 cm³/mol. The average Bonchev–Trinajstić information content (AvgIpc) is 2.89. The van der Waals surface area contributed by atoms with Gasteiger partial charge >= 0.3 is 0 Å². The number of carbonyl (C=O) groups excluding carboxylic acids is 1. The largest absolute Gasteiger partial charge is 0.337 e. The second-order valence-electron chi connectivity index (χ2n) is 6.03. The molecule has 1 aromatic carbocycles. The van der Waals surface area contributed by atoms with Gasteiger partial charge in [0.1, 0.15) is 5.69 Å². The van der Waals surface area contributed by atoms with Crippen LogP contribution in [-0.4, -0.2) is 35.4 Å². The summed E-state index contributed by atoms with van der Waals surface area (Å²) in [6, 6.07) is 9.18. The Kier molecular flexibility index (Phi) is 6.66. The summed E-state index contributed by atoms with van der Waals surface area (Å²) in [6.07, 6.45) is 0.939. The number of fused-ring (bicyclic) bond motifs is 1. The van der Waals surface area contributed by atoms with Gasteiger partial charge in [0.25, 0.3) is 5.91 Å². The third-order valence-corrected chi connectivity index (χ3v) is 4.45. The first kappa shape index (κ1) is 20.0. The van der Waals surface area contributed by atoms with E-state index >= 15 is 0 Å². The molecule has 2 N–H and O–H groups in total. The second-order valence-corrected chi connectivity index (χ2v) is 6.46. The van der Waals surface area contributed by atoms with Crippen molar-refractivity contribution in [2.75, 3.05) is 19.6 Å². The molecule has 0 spiro atoms. The zero-order valence-electron chi connectivity index (χ0n) is 12.8. The maximum absolute atomic E-state index is 12.6. The Labute approximate surface area is 153 Å². The van der Waals surface area contributed by atoms with E-state index in [1.54, 1.807) is 12.1 Å². The van der Waals surface area contributed by atoms with Crippen molar-refractivity contribution in [3.05, 3.63) is 41.0 Å². The van der Waals surface area contributed by atoms with Gasteiger partial charge in [-0.1, -0.05) is 30.7 Å². The lowest BCUT2D eigenvalue weighted by molar-refractivity contribution is 0.0771. The number of pyridine rings is 1. The number of rotatable bonds is 2. The molecule has 1 atom stereocenters. The highest BCUT2D eigenvalue weighted by molar-refractivity contribution is 6.31. The molecule has 0 aliphatic carbocycles. The fourth-order valence-electron chi connectivity index (χ4n) is 2.74. The number of amides is 1. The van der Waals surface area contributed by atoms with E-state index in [2.05, 4.69) is 11.9 Å². The van der Waals surface area contributed by atoms with Gasteiger partial charge in [-0.05, 0) is 36.6 Å². The van der Waals surface area contributed by atoms with Crippen LogP contribution in [0.4, 0.5) is 0 Å². The van der Waals surface area contributed by atoms with Gasteiger partial charge in [0.05, 0.1) is 5.52 Å². The number of carbonyl (C=O) groups is 1. The zero-order valence-corrected chi connectivity index (χ0v) is 15.2. The van der Waals surface area contributed by atoms with Gasteiger partial charge in [0.15, 0.2) is 0 Å². The molecule has 0 bridgehead atoms. The highest BCUT2D eigenvalue weighted by Crippen LogP contribution is 2.29. The first-order chi connectivity index (χ1) is 10.0. The van der Waals surface area contributed by atoms with Crippen molar-refractivity contribution in [3.63, 3.8) is 0 Å². The van der Waals surface area contributed by atoms with Crippen LogP contribution in [0.2, 0.25) is 5.02 Å². The predicted octanol–water partition coefficient (Wildman–Crippen LogP) is 3.54. The van der Waals surface area contributed by atoms with Gasteiger partial charge < -0.3 is 10.6 Å². The van der Waals surface area contributed by atoms with Crippen LogP contribution in [0.25, 0.3) is 10.9 Å². The smallest absolute Gasteiger partial charge is 0.272 e. The van der Waals surface area contributed by atoms with Crippen molar-refractivity contribution >= 4 is 53.2 Å². The van der Waals surface area contributed by atoms with Gasteiger partial charge in [-0.15, -0.1) is 24.8 Å². The van der Waals surface area contributed by atoms with Crippen LogP contribution in [0.1, 0.15) is 23.8 Å². The number of hydrogen-bond acceptors (Lipinski definition) is 3. The van der Waals surface area contributed by atoms with Crippen LogP contribution in [0.3, 0.4) is 0 Å². The fraction of sp³-hybridized carbons (Fsp3) is 0.375. The molecule has 3 rings (SSSR count). The Hall–Kier alpha value is -1.07. The fourth-order valence-corrected chi connectivity index (χ4v) is 2.90. The molecule has 1 fully saturated rings. The minimum atomic E-state index is -0.0333. The molecular formula is C16H20Cl3N3O. The molecule has 0 saturated carbocycles. The van der Waals surface area contributed by atoms with Gasteiger partial charge in [0, 0.05) is 23.5 Å². The van der Waals surface area contributed by atoms with E-state index in [1.807, 2.05) is 23.1 Å². The Balaban J connectivity index is 0.00000132. The second kappa shape index (κ2) is 7.67. The Morgan fingerprint density at radius 1 is 1.35 bits per heavy atom. The Morgan fingerprint density at radius 3 is 2.70 bits per heavy atom. The van der Waals surface area contributed by atoms with Crippen molar-refractivity contribution in [1.82, 2.24) is 9.88 Å². The van der Waals surface area contributed by atoms with E-state index in [4.69, 9.17) is 17.3 Å². The summed E-state index contributed by atoms with van der Waals surface area (Å²) in [5, 5.41) is 1.60. The van der Waals surface area contributed by atoms with E-state index < -0.39 is 0 Å². The third-order valence-electron chi connectivity index (χ3n) is 4.21. The van der Waals surface area contributed by atoms with Crippen molar-refractivity contribution in [2.45, 2.75) is 13.3 Å². The SMILES string of the molecule is CC1(CN)CCN(C(=O)c2ccc3ccc(Cl)cc3n2)C1.Cl.Cl. The van der Waals surface area contributed by atoms with Crippen LogP contribution >= 0.6 is 36.4 Å². The molecule has 1 amide bonds. The van der Waals surface area contributed by atoms with Crippen LogP contribution in [0.5, 0.6) is 0 Å². The molecule has 1 aliphatic heterocycles. The van der Waals surface area contributed by atoms with E-state index in [0.29, 0.717) is 23.8 Å². The number of likely N-dealkylation sites (tertiary alicyclic amines) is 1. The number of halogens is 3. The normalized spacial score (nSPS) is 20.0. The van der Waals surface area contributed by atoms with E-state index in [-0.39, 0.29) is 36.1 Å². The summed E-state index contributed by atoms with van der Waals surface area (Å²) in [4.78, 5) is 18.9. The summed E-state index contributed by atoms with van der Waals surface area (Å²) >= 11 is 5.98. The Bertz CT molecular complexity index is 710. The summed E-state index contributed by atoms with van der Waals surface area (Å²) in [6.45, 7) is 4.14. The number of nitrogens with zero attached hydrogens (tertiary/aromatic N) is 2. The molecule has 23 heavy (non-hydrogen) atoms. The number of hydrogen-bond donors (Lipinski definition) is 1. The van der Waals surface area contributed by atoms with Crippen LogP contribution < -0.4 is 5.73 Å². The van der Waals surface area contributed by atoms with Crippen LogP contribution in [0, 0.1) is 5.41 Å².